The Bertz CT molecular complexity index is 652. The van der Waals surface area contributed by atoms with Crippen molar-refractivity contribution in [3.05, 3.63) is 56.7 Å². The molecule has 0 aliphatic heterocycles. The van der Waals surface area contributed by atoms with E-state index in [1.165, 1.54) is 24.4 Å². The summed E-state index contributed by atoms with van der Waals surface area (Å²) in [7, 11) is 0. The van der Waals surface area contributed by atoms with Crippen LogP contribution in [0.4, 0.5) is 5.69 Å². The second kappa shape index (κ2) is 5.14. The van der Waals surface area contributed by atoms with E-state index in [1.54, 1.807) is 6.07 Å². The molecule has 0 saturated heterocycles. The first-order valence-corrected chi connectivity index (χ1v) is 5.98. The number of hydrogen-bond donors (Lipinski definition) is 2. The zero-order chi connectivity index (χ0) is 13.1. The van der Waals surface area contributed by atoms with Gasteiger partial charge in [-0.15, -0.1) is 0 Å². The van der Waals surface area contributed by atoms with Crippen LogP contribution in [0.25, 0.3) is 0 Å². The molecule has 0 aromatic carbocycles. The molecule has 0 aliphatic carbocycles. The molecule has 2 aromatic heterocycles. The summed E-state index contributed by atoms with van der Waals surface area (Å²) in [6.07, 6.45) is 1.54. The number of halogens is 1. The molecule has 2 rings (SSSR count). The minimum Gasteiger partial charge on any atom is -0.319 e. The maximum Gasteiger partial charge on any atom is 0.272 e. The van der Waals surface area contributed by atoms with Gasteiger partial charge in [0.1, 0.15) is 10.3 Å². The maximum absolute atomic E-state index is 11.8. The van der Waals surface area contributed by atoms with Crippen LogP contribution in [0.2, 0.25) is 0 Å². The number of carbonyl (C=O) groups is 1. The van der Waals surface area contributed by atoms with E-state index in [0.717, 1.165) is 10.2 Å². The lowest BCUT2D eigenvalue weighted by atomic mass is 10.3. The smallest absolute Gasteiger partial charge is 0.272 e. The molecule has 6 heteroatoms. The molecule has 0 radical (unpaired) electrons. The number of H-pyrrole nitrogens is 1. The average molecular weight is 308 g/mol. The molecule has 0 saturated carbocycles. The fraction of sp³-hybridized carbons (Fsp3) is 0.0833. The SMILES string of the molecule is Cc1cc(NC(=O)c2cccc(=O)[nH]2)cnc1Br. The van der Waals surface area contributed by atoms with Crippen molar-refractivity contribution in [1.82, 2.24) is 9.97 Å². The van der Waals surface area contributed by atoms with E-state index < -0.39 is 0 Å². The fourth-order valence-electron chi connectivity index (χ4n) is 1.41. The van der Waals surface area contributed by atoms with Crippen molar-refractivity contribution in [3.63, 3.8) is 0 Å². The number of anilines is 1. The standard InChI is InChI=1S/C12H10BrN3O2/c1-7-5-8(6-14-11(7)13)15-12(18)9-3-2-4-10(17)16-9/h2-6H,1H3,(H,15,18)(H,16,17). The Morgan fingerprint density at radius 1 is 1.44 bits per heavy atom. The lowest BCUT2D eigenvalue weighted by Gasteiger charge is -2.06. The number of aryl methyl sites for hydroxylation is 1. The Morgan fingerprint density at radius 3 is 2.89 bits per heavy atom. The number of carbonyl (C=O) groups excluding carboxylic acids is 1. The molecule has 5 nitrogen and oxygen atoms in total. The molecule has 92 valence electrons. The van der Waals surface area contributed by atoms with E-state index in [9.17, 15) is 9.59 Å². The third-order valence-electron chi connectivity index (χ3n) is 2.29. The van der Waals surface area contributed by atoms with Gasteiger partial charge in [0.15, 0.2) is 0 Å². The molecule has 0 fully saturated rings. The first-order chi connectivity index (χ1) is 8.56. The van der Waals surface area contributed by atoms with Crippen LogP contribution in [0.5, 0.6) is 0 Å². The van der Waals surface area contributed by atoms with Gasteiger partial charge < -0.3 is 10.3 Å². The van der Waals surface area contributed by atoms with Crippen molar-refractivity contribution in [1.29, 1.82) is 0 Å². The molecule has 2 N–H and O–H groups in total. The topological polar surface area (TPSA) is 74.8 Å². The van der Waals surface area contributed by atoms with Crippen LogP contribution in [-0.2, 0) is 0 Å². The largest absolute Gasteiger partial charge is 0.319 e. The van der Waals surface area contributed by atoms with E-state index in [1.807, 2.05) is 6.92 Å². The van der Waals surface area contributed by atoms with E-state index in [4.69, 9.17) is 0 Å². The van der Waals surface area contributed by atoms with Crippen molar-refractivity contribution in [2.24, 2.45) is 0 Å². The lowest BCUT2D eigenvalue weighted by molar-refractivity contribution is 0.102. The number of hydrogen-bond acceptors (Lipinski definition) is 3. The van der Waals surface area contributed by atoms with E-state index in [0.29, 0.717) is 5.69 Å². The molecular weight excluding hydrogens is 298 g/mol. The van der Waals surface area contributed by atoms with E-state index in [2.05, 4.69) is 31.2 Å². The second-order valence-electron chi connectivity index (χ2n) is 3.71. The molecule has 0 bridgehead atoms. The molecule has 0 unspecified atom stereocenters. The molecule has 2 aromatic rings. The van der Waals surface area contributed by atoms with Gasteiger partial charge in [0.2, 0.25) is 5.56 Å². The van der Waals surface area contributed by atoms with Crippen molar-refractivity contribution in [2.45, 2.75) is 6.92 Å². The summed E-state index contributed by atoms with van der Waals surface area (Å²) >= 11 is 3.28. The van der Waals surface area contributed by atoms with Crippen molar-refractivity contribution < 1.29 is 4.79 Å². The van der Waals surface area contributed by atoms with Gasteiger partial charge >= 0.3 is 0 Å². The Hall–Kier alpha value is -1.95. The third-order valence-corrected chi connectivity index (χ3v) is 3.12. The van der Waals surface area contributed by atoms with Gasteiger partial charge in [-0.3, -0.25) is 9.59 Å². The minimum absolute atomic E-state index is 0.211. The molecular formula is C12H10BrN3O2. The Labute approximate surface area is 111 Å². The van der Waals surface area contributed by atoms with Gasteiger partial charge in [-0.05, 0) is 40.5 Å². The number of aromatic amines is 1. The molecule has 0 aliphatic rings. The zero-order valence-corrected chi connectivity index (χ0v) is 11.1. The minimum atomic E-state index is -0.378. The molecule has 0 atom stereocenters. The molecule has 0 spiro atoms. The molecule has 18 heavy (non-hydrogen) atoms. The van der Waals surface area contributed by atoms with Gasteiger partial charge in [0.05, 0.1) is 11.9 Å². The number of nitrogens with one attached hydrogen (secondary N) is 2. The number of rotatable bonds is 2. The summed E-state index contributed by atoms with van der Waals surface area (Å²) in [4.78, 5) is 29.5. The third kappa shape index (κ3) is 2.84. The van der Waals surface area contributed by atoms with Crippen molar-refractivity contribution >= 4 is 27.5 Å². The zero-order valence-electron chi connectivity index (χ0n) is 9.53. The first-order valence-electron chi connectivity index (χ1n) is 5.19. The number of amides is 1. The predicted molar refractivity (Wildman–Crippen MR) is 71.7 cm³/mol. The number of aromatic nitrogens is 2. The van der Waals surface area contributed by atoms with Crippen LogP contribution in [0, 0.1) is 6.92 Å². The van der Waals surface area contributed by atoms with Crippen LogP contribution < -0.4 is 10.9 Å². The van der Waals surface area contributed by atoms with Gasteiger partial charge in [-0.2, -0.15) is 0 Å². The molecule has 2 heterocycles. The van der Waals surface area contributed by atoms with E-state index in [-0.39, 0.29) is 17.2 Å². The second-order valence-corrected chi connectivity index (χ2v) is 4.47. The monoisotopic (exact) mass is 307 g/mol. The van der Waals surface area contributed by atoms with Crippen LogP contribution in [0.3, 0.4) is 0 Å². The fourth-order valence-corrected chi connectivity index (χ4v) is 1.62. The Morgan fingerprint density at radius 2 is 2.22 bits per heavy atom. The van der Waals surface area contributed by atoms with Crippen molar-refractivity contribution in [2.75, 3.05) is 5.32 Å². The highest BCUT2D eigenvalue weighted by molar-refractivity contribution is 9.10. The summed E-state index contributed by atoms with van der Waals surface area (Å²) in [6.45, 7) is 1.87. The summed E-state index contributed by atoms with van der Waals surface area (Å²) < 4.78 is 0.730. The van der Waals surface area contributed by atoms with Crippen LogP contribution in [-0.4, -0.2) is 15.9 Å². The normalized spacial score (nSPS) is 10.1. The Balaban J connectivity index is 2.21. The van der Waals surface area contributed by atoms with Gasteiger partial charge in [0, 0.05) is 6.07 Å². The van der Waals surface area contributed by atoms with Crippen LogP contribution in [0.1, 0.15) is 16.1 Å². The summed E-state index contributed by atoms with van der Waals surface area (Å²) in [6, 6.07) is 6.20. The Kier molecular flexibility index (Phi) is 3.57. The summed E-state index contributed by atoms with van der Waals surface area (Å²) in [5.74, 6) is -0.378. The van der Waals surface area contributed by atoms with Crippen LogP contribution >= 0.6 is 15.9 Å². The van der Waals surface area contributed by atoms with Gasteiger partial charge in [-0.25, -0.2) is 4.98 Å². The summed E-state index contributed by atoms with van der Waals surface area (Å²) in [5, 5.41) is 2.66. The van der Waals surface area contributed by atoms with Crippen LogP contribution in [0.15, 0.2) is 39.9 Å². The number of nitrogens with zero attached hydrogens (tertiary/aromatic N) is 1. The predicted octanol–water partition coefficient (Wildman–Crippen LogP) is 2.09. The highest BCUT2D eigenvalue weighted by Gasteiger charge is 2.07. The summed E-state index contributed by atoms with van der Waals surface area (Å²) in [5.41, 5.74) is 1.38. The lowest BCUT2D eigenvalue weighted by Crippen LogP contribution is -2.18. The molecule has 1 amide bonds. The highest BCUT2D eigenvalue weighted by Crippen LogP contribution is 2.16. The number of pyridine rings is 2. The van der Waals surface area contributed by atoms with Gasteiger partial charge in [0.25, 0.3) is 5.91 Å². The van der Waals surface area contributed by atoms with Crippen molar-refractivity contribution in [3.8, 4) is 0 Å². The quantitative estimate of drug-likeness (QED) is 0.834. The average Bonchev–Trinajstić information content (AvgIpc) is 2.34. The maximum atomic E-state index is 11.8. The first kappa shape index (κ1) is 12.5. The van der Waals surface area contributed by atoms with Gasteiger partial charge in [-0.1, -0.05) is 6.07 Å². The van der Waals surface area contributed by atoms with E-state index >= 15 is 0 Å². The highest BCUT2D eigenvalue weighted by atomic mass is 79.9.